The minimum Gasteiger partial charge on any atom is -0.481 e. The molecule has 0 N–H and O–H groups in total. The number of aromatic nitrogens is 4. The Kier molecular flexibility index (Phi) is 5.33. The number of rotatable bonds is 5. The smallest absolute Gasteiger partial charge is 0.267 e. The molecule has 1 aliphatic heterocycles. The molecule has 1 fully saturated rings. The van der Waals surface area contributed by atoms with Gasteiger partial charge in [-0.2, -0.15) is 10.1 Å². The van der Waals surface area contributed by atoms with Crippen LogP contribution in [-0.2, 0) is 19.4 Å². The van der Waals surface area contributed by atoms with Gasteiger partial charge in [0.2, 0.25) is 11.8 Å². The molecule has 0 saturated carbocycles. The highest BCUT2D eigenvalue weighted by Crippen LogP contribution is 2.17. The third-order valence-electron chi connectivity index (χ3n) is 5.38. The van der Waals surface area contributed by atoms with Gasteiger partial charge >= 0.3 is 0 Å². The van der Waals surface area contributed by atoms with E-state index in [0.29, 0.717) is 18.4 Å². The number of hydrogen-bond acceptors (Lipinski definition) is 7. The second-order valence-corrected chi connectivity index (χ2v) is 7.11. The second kappa shape index (κ2) is 8.04. The fourth-order valence-electron chi connectivity index (χ4n) is 3.77. The second-order valence-electron chi connectivity index (χ2n) is 7.11. The summed E-state index contributed by atoms with van der Waals surface area (Å²) in [5.74, 6) is 1.29. The Morgan fingerprint density at radius 3 is 2.74 bits per heavy atom. The Bertz CT molecular complexity index is 844. The number of hydrogen-bond donors (Lipinski definition) is 0. The summed E-state index contributed by atoms with van der Waals surface area (Å²) < 4.78 is 6.82. The van der Waals surface area contributed by atoms with Crippen LogP contribution in [0.5, 0.6) is 5.88 Å². The molecule has 0 aromatic carbocycles. The van der Waals surface area contributed by atoms with E-state index in [2.05, 4.69) is 24.9 Å². The predicted molar refractivity (Wildman–Crippen MR) is 102 cm³/mol. The van der Waals surface area contributed by atoms with Crippen LogP contribution < -0.4 is 15.2 Å². The van der Waals surface area contributed by atoms with Crippen LogP contribution in [0.4, 0.5) is 5.95 Å². The molecule has 0 spiro atoms. The minimum absolute atomic E-state index is 0.0269. The molecular weight excluding hydrogens is 344 g/mol. The molecule has 2 aromatic rings. The van der Waals surface area contributed by atoms with Crippen LogP contribution in [0.2, 0.25) is 0 Å². The number of anilines is 1. The zero-order valence-electron chi connectivity index (χ0n) is 15.8. The Morgan fingerprint density at radius 1 is 1.11 bits per heavy atom. The van der Waals surface area contributed by atoms with E-state index in [9.17, 15) is 4.79 Å². The molecule has 0 unspecified atom stereocenters. The van der Waals surface area contributed by atoms with Crippen LogP contribution in [-0.4, -0.2) is 64.5 Å². The van der Waals surface area contributed by atoms with Crippen molar-refractivity contribution in [1.29, 1.82) is 0 Å². The summed E-state index contributed by atoms with van der Waals surface area (Å²) in [5, 5.41) is 4.61. The van der Waals surface area contributed by atoms with Gasteiger partial charge in [-0.05, 0) is 31.2 Å². The summed E-state index contributed by atoms with van der Waals surface area (Å²) in [4.78, 5) is 25.6. The van der Waals surface area contributed by atoms with Crippen LogP contribution in [0.15, 0.2) is 23.1 Å². The first-order valence-corrected chi connectivity index (χ1v) is 9.67. The number of ether oxygens (including phenoxy) is 1. The van der Waals surface area contributed by atoms with Crippen LogP contribution in [0.3, 0.4) is 0 Å². The van der Waals surface area contributed by atoms with Gasteiger partial charge in [-0.3, -0.25) is 9.69 Å². The Labute approximate surface area is 158 Å². The summed E-state index contributed by atoms with van der Waals surface area (Å²) in [6.07, 6.45) is 6.05. The summed E-state index contributed by atoms with van der Waals surface area (Å²) in [6, 6.07) is 3.54. The standard InChI is InChI=1S/C19H26N6O2/c1-27-17-6-7-20-19(21-17)24-11-8-23(9-12-24)10-13-25-18(26)14-15-4-2-3-5-16(15)22-25/h6-7,14H,2-5,8-13H2,1H3. The Morgan fingerprint density at radius 2 is 1.93 bits per heavy atom. The topological polar surface area (TPSA) is 76.4 Å². The van der Waals surface area contributed by atoms with Gasteiger partial charge in [-0.15, -0.1) is 0 Å². The molecule has 2 aromatic heterocycles. The van der Waals surface area contributed by atoms with Gasteiger partial charge in [0.1, 0.15) is 0 Å². The number of nitrogens with zero attached hydrogens (tertiary/aromatic N) is 6. The van der Waals surface area contributed by atoms with Crippen molar-refractivity contribution in [3.8, 4) is 5.88 Å². The van der Waals surface area contributed by atoms with Gasteiger partial charge in [-0.25, -0.2) is 9.67 Å². The van der Waals surface area contributed by atoms with E-state index in [4.69, 9.17) is 4.74 Å². The highest BCUT2D eigenvalue weighted by molar-refractivity contribution is 5.32. The molecule has 0 bridgehead atoms. The maximum absolute atomic E-state index is 12.3. The van der Waals surface area contributed by atoms with Crippen molar-refractivity contribution >= 4 is 5.95 Å². The van der Waals surface area contributed by atoms with Gasteiger partial charge in [0.25, 0.3) is 5.56 Å². The SMILES string of the molecule is COc1ccnc(N2CCN(CCn3nc4c(cc3=O)CCCC4)CC2)n1. The normalized spacial score (nSPS) is 17.6. The maximum atomic E-state index is 12.3. The molecule has 0 amide bonds. The average molecular weight is 370 g/mol. The van der Waals surface area contributed by atoms with Crippen molar-refractivity contribution < 1.29 is 4.74 Å². The van der Waals surface area contributed by atoms with Crippen molar-refractivity contribution in [2.45, 2.75) is 32.2 Å². The zero-order valence-corrected chi connectivity index (χ0v) is 15.8. The molecule has 144 valence electrons. The van der Waals surface area contributed by atoms with Crippen LogP contribution in [0, 0.1) is 0 Å². The van der Waals surface area contributed by atoms with E-state index < -0.39 is 0 Å². The monoisotopic (exact) mass is 370 g/mol. The van der Waals surface area contributed by atoms with E-state index in [-0.39, 0.29) is 5.56 Å². The first-order chi connectivity index (χ1) is 13.2. The quantitative estimate of drug-likeness (QED) is 0.768. The lowest BCUT2D eigenvalue weighted by molar-refractivity contribution is 0.241. The number of methoxy groups -OCH3 is 1. The molecule has 1 aliphatic carbocycles. The van der Waals surface area contributed by atoms with Crippen molar-refractivity contribution in [3.63, 3.8) is 0 Å². The zero-order chi connectivity index (χ0) is 18.6. The number of fused-ring (bicyclic) bond motifs is 1. The summed E-state index contributed by atoms with van der Waals surface area (Å²) in [7, 11) is 1.61. The lowest BCUT2D eigenvalue weighted by Gasteiger charge is -2.34. The number of piperazine rings is 1. The molecule has 0 radical (unpaired) electrons. The summed E-state index contributed by atoms with van der Waals surface area (Å²) in [5.41, 5.74) is 2.29. The van der Waals surface area contributed by atoms with Crippen molar-refractivity contribution in [3.05, 3.63) is 39.9 Å². The highest BCUT2D eigenvalue weighted by atomic mass is 16.5. The van der Waals surface area contributed by atoms with Crippen molar-refractivity contribution in [2.24, 2.45) is 0 Å². The largest absolute Gasteiger partial charge is 0.481 e. The number of aryl methyl sites for hydroxylation is 2. The van der Waals surface area contributed by atoms with Crippen molar-refractivity contribution in [1.82, 2.24) is 24.6 Å². The van der Waals surface area contributed by atoms with Gasteiger partial charge in [-0.1, -0.05) is 0 Å². The molecule has 0 atom stereocenters. The lowest BCUT2D eigenvalue weighted by atomic mass is 9.97. The van der Waals surface area contributed by atoms with Gasteiger partial charge in [0.05, 0.1) is 19.3 Å². The molecular formula is C19H26N6O2. The molecule has 3 heterocycles. The van der Waals surface area contributed by atoms with Crippen LogP contribution in [0.25, 0.3) is 0 Å². The van der Waals surface area contributed by atoms with E-state index in [1.807, 2.05) is 0 Å². The fraction of sp³-hybridized carbons (Fsp3) is 0.579. The third-order valence-corrected chi connectivity index (χ3v) is 5.38. The van der Waals surface area contributed by atoms with Gasteiger partial charge in [0.15, 0.2) is 0 Å². The molecule has 8 nitrogen and oxygen atoms in total. The van der Waals surface area contributed by atoms with Crippen LogP contribution >= 0.6 is 0 Å². The average Bonchev–Trinajstić information content (AvgIpc) is 2.72. The third kappa shape index (κ3) is 4.10. The van der Waals surface area contributed by atoms with E-state index in [0.717, 1.165) is 56.8 Å². The summed E-state index contributed by atoms with van der Waals surface area (Å²) >= 11 is 0. The lowest BCUT2D eigenvalue weighted by Crippen LogP contribution is -2.48. The predicted octanol–water partition coefficient (Wildman–Crippen LogP) is 0.743. The van der Waals surface area contributed by atoms with Crippen LogP contribution in [0.1, 0.15) is 24.1 Å². The summed E-state index contributed by atoms with van der Waals surface area (Å²) in [6.45, 7) is 5.03. The fourth-order valence-corrected chi connectivity index (χ4v) is 3.77. The first kappa shape index (κ1) is 17.9. The van der Waals surface area contributed by atoms with E-state index in [1.54, 1.807) is 30.1 Å². The highest BCUT2D eigenvalue weighted by Gasteiger charge is 2.20. The first-order valence-electron chi connectivity index (χ1n) is 9.67. The van der Waals surface area contributed by atoms with Crippen molar-refractivity contribution in [2.75, 3.05) is 44.7 Å². The molecule has 2 aliphatic rings. The minimum atomic E-state index is 0.0269. The molecule has 8 heteroatoms. The van der Waals surface area contributed by atoms with E-state index >= 15 is 0 Å². The maximum Gasteiger partial charge on any atom is 0.267 e. The Balaban J connectivity index is 1.33. The molecule has 4 rings (SSSR count). The van der Waals surface area contributed by atoms with E-state index in [1.165, 1.54) is 12.8 Å². The van der Waals surface area contributed by atoms with Gasteiger partial charge in [0, 0.05) is 51.1 Å². The molecule has 27 heavy (non-hydrogen) atoms. The van der Waals surface area contributed by atoms with Gasteiger partial charge < -0.3 is 9.64 Å². The molecule has 1 saturated heterocycles. The Hall–Kier alpha value is -2.48.